The second kappa shape index (κ2) is 4.67. The molecule has 1 heterocycles. The van der Waals surface area contributed by atoms with Crippen LogP contribution in [0.1, 0.15) is 26.6 Å². The molecule has 3 nitrogen and oxygen atoms in total. The summed E-state index contributed by atoms with van der Waals surface area (Å²) < 4.78 is 0. The zero-order valence-corrected chi connectivity index (χ0v) is 11.2. The first-order valence-electron chi connectivity index (χ1n) is 5.83. The van der Waals surface area contributed by atoms with E-state index in [9.17, 15) is 0 Å². The van der Waals surface area contributed by atoms with Gasteiger partial charge in [0.15, 0.2) is 0 Å². The van der Waals surface area contributed by atoms with E-state index in [1.807, 2.05) is 18.2 Å². The highest BCUT2D eigenvalue weighted by Gasteiger charge is 2.09. The van der Waals surface area contributed by atoms with Crippen LogP contribution in [0.4, 0.5) is 0 Å². The lowest BCUT2D eigenvalue weighted by Gasteiger charge is -2.19. The van der Waals surface area contributed by atoms with E-state index in [0.29, 0.717) is 0 Å². The van der Waals surface area contributed by atoms with E-state index in [-0.39, 0.29) is 5.54 Å². The summed E-state index contributed by atoms with van der Waals surface area (Å²) >= 11 is 5.93. The second-order valence-corrected chi connectivity index (χ2v) is 5.71. The van der Waals surface area contributed by atoms with Gasteiger partial charge in [-0.1, -0.05) is 11.6 Å². The lowest BCUT2D eigenvalue weighted by atomic mass is 10.1. The number of benzene rings is 1. The summed E-state index contributed by atoms with van der Waals surface area (Å²) in [6, 6.07) is 5.71. The Labute approximate surface area is 107 Å². The molecule has 92 valence electrons. The molecule has 0 radical (unpaired) electrons. The molecule has 2 rings (SSSR count). The van der Waals surface area contributed by atoms with Crippen LogP contribution in [-0.2, 0) is 6.42 Å². The Bertz CT molecular complexity index is 511. The predicted octanol–water partition coefficient (Wildman–Crippen LogP) is 3.15. The fraction of sp³-hybridized carbons (Fsp3) is 0.462. The van der Waals surface area contributed by atoms with Crippen molar-refractivity contribution in [1.29, 1.82) is 0 Å². The van der Waals surface area contributed by atoms with Crippen molar-refractivity contribution in [1.82, 2.24) is 15.3 Å². The van der Waals surface area contributed by atoms with Gasteiger partial charge >= 0.3 is 0 Å². The van der Waals surface area contributed by atoms with Gasteiger partial charge in [0, 0.05) is 23.5 Å². The molecule has 1 aromatic heterocycles. The van der Waals surface area contributed by atoms with Crippen LogP contribution in [0.2, 0.25) is 5.02 Å². The van der Waals surface area contributed by atoms with Crippen LogP contribution < -0.4 is 5.32 Å². The average molecular weight is 252 g/mol. The maximum atomic E-state index is 5.93. The van der Waals surface area contributed by atoms with E-state index in [1.165, 1.54) is 0 Å². The number of hydrogen-bond acceptors (Lipinski definition) is 2. The highest BCUT2D eigenvalue weighted by Crippen LogP contribution is 2.17. The highest BCUT2D eigenvalue weighted by atomic mass is 35.5. The van der Waals surface area contributed by atoms with Crippen molar-refractivity contribution in [2.75, 3.05) is 6.54 Å². The van der Waals surface area contributed by atoms with Gasteiger partial charge in [-0.25, -0.2) is 4.98 Å². The van der Waals surface area contributed by atoms with E-state index in [1.54, 1.807) is 0 Å². The third kappa shape index (κ3) is 3.45. The van der Waals surface area contributed by atoms with Gasteiger partial charge < -0.3 is 10.3 Å². The first-order chi connectivity index (χ1) is 7.94. The van der Waals surface area contributed by atoms with Crippen molar-refractivity contribution < 1.29 is 0 Å². The fourth-order valence-corrected chi connectivity index (χ4v) is 1.88. The molecule has 0 spiro atoms. The van der Waals surface area contributed by atoms with Crippen molar-refractivity contribution >= 4 is 22.6 Å². The van der Waals surface area contributed by atoms with Gasteiger partial charge in [-0.05, 0) is 39.0 Å². The highest BCUT2D eigenvalue weighted by molar-refractivity contribution is 6.31. The summed E-state index contributed by atoms with van der Waals surface area (Å²) in [5, 5.41) is 4.18. The van der Waals surface area contributed by atoms with Gasteiger partial charge in [-0.15, -0.1) is 0 Å². The summed E-state index contributed by atoms with van der Waals surface area (Å²) in [5.41, 5.74) is 2.12. The van der Waals surface area contributed by atoms with Crippen LogP contribution in [-0.4, -0.2) is 22.1 Å². The molecule has 17 heavy (non-hydrogen) atoms. The monoisotopic (exact) mass is 251 g/mol. The smallest absolute Gasteiger partial charge is 0.108 e. The molecule has 2 aromatic rings. The van der Waals surface area contributed by atoms with Crippen molar-refractivity contribution in [3.05, 3.63) is 29.0 Å². The van der Waals surface area contributed by atoms with E-state index < -0.39 is 0 Å². The first kappa shape index (κ1) is 12.4. The summed E-state index contributed by atoms with van der Waals surface area (Å²) in [6.07, 6.45) is 0.892. The topological polar surface area (TPSA) is 40.7 Å². The minimum Gasteiger partial charge on any atom is -0.342 e. The van der Waals surface area contributed by atoms with Crippen LogP contribution in [0.25, 0.3) is 11.0 Å². The quantitative estimate of drug-likeness (QED) is 0.880. The molecule has 0 amide bonds. The Balaban J connectivity index is 2.05. The molecular formula is C13H18ClN3. The third-order valence-corrected chi connectivity index (χ3v) is 2.75. The fourth-order valence-electron chi connectivity index (χ4n) is 1.71. The van der Waals surface area contributed by atoms with Gasteiger partial charge in [0.2, 0.25) is 0 Å². The predicted molar refractivity (Wildman–Crippen MR) is 72.6 cm³/mol. The number of fused-ring (bicyclic) bond motifs is 1. The molecule has 0 saturated carbocycles. The molecule has 0 aliphatic rings. The number of aromatic amines is 1. The van der Waals surface area contributed by atoms with Gasteiger partial charge in [0.05, 0.1) is 11.0 Å². The number of halogens is 1. The van der Waals surface area contributed by atoms with Gasteiger partial charge in [0.25, 0.3) is 0 Å². The second-order valence-electron chi connectivity index (χ2n) is 5.27. The van der Waals surface area contributed by atoms with Crippen molar-refractivity contribution in [2.45, 2.75) is 32.7 Å². The maximum Gasteiger partial charge on any atom is 0.108 e. The summed E-state index contributed by atoms with van der Waals surface area (Å²) in [7, 11) is 0. The molecule has 0 bridgehead atoms. The van der Waals surface area contributed by atoms with Crippen LogP contribution in [0.5, 0.6) is 0 Å². The molecule has 0 fully saturated rings. The minimum atomic E-state index is 0.148. The standard InChI is InChI=1S/C13H18ClN3/c1-13(2,3)15-7-6-12-16-10-5-4-9(14)8-11(10)17-12/h4-5,8,15H,6-7H2,1-3H3,(H,16,17). The van der Waals surface area contributed by atoms with E-state index in [4.69, 9.17) is 11.6 Å². The summed E-state index contributed by atoms with van der Waals surface area (Å²) in [6.45, 7) is 7.39. The van der Waals surface area contributed by atoms with Crippen molar-refractivity contribution in [2.24, 2.45) is 0 Å². The van der Waals surface area contributed by atoms with Crippen LogP contribution in [0, 0.1) is 0 Å². The van der Waals surface area contributed by atoms with Crippen LogP contribution >= 0.6 is 11.6 Å². The molecule has 0 unspecified atom stereocenters. The number of nitrogens with one attached hydrogen (secondary N) is 2. The molecule has 4 heteroatoms. The van der Waals surface area contributed by atoms with Crippen molar-refractivity contribution in [3.8, 4) is 0 Å². The van der Waals surface area contributed by atoms with E-state index >= 15 is 0 Å². The lowest BCUT2D eigenvalue weighted by Crippen LogP contribution is -2.37. The Morgan fingerprint density at radius 1 is 1.35 bits per heavy atom. The average Bonchev–Trinajstić information content (AvgIpc) is 2.57. The number of rotatable bonds is 3. The lowest BCUT2D eigenvalue weighted by molar-refractivity contribution is 0.428. The zero-order valence-electron chi connectivity index (χ0n) is 10.5. The Morgan fingerprint density at radius 3 is 2.82 bits per heavy atom. The molecule has 0 aliphatic heterocycles. The molecular weight excluding hydrogens is 234 g/mol. The van der Waals surface area contributed by atoms with E-state index in [2.05, 4.69) is 36.1 Å². The van der Waals surface area contributed by atoms with Gasteiger partial charge in [0.1, 0.15) is 5.82 Å². The summed E-state index contributed by atoms with van der Waals surface area (Å²) in [5.74, 6) is 0.999. The number of imidazole rings is 1. The number of aromatic nitrogens is 2. The summed E-state index contributed by atoms with van der Waals surface area (Å²) in [4.78, 5) is 7.81. The van der Waals surface area contributed by atoms with Crippen LogP contribution in [0.3, 0.4) is 0 Å². The Hall–Kier alpha value is -1.06. The Morgan fingerprint density at radius 2 is 2.12 bits per heavy atom. The number of nitrogens with zero attached hydrogens (tertiary/aromatic N) is 1. The first-order valence-corrected chi connectivity index (χ1v) is 6.21. The van der Waals surface area contributed by atoms with Crippen LogP contribution in [0.15, 0.2) is 18.2 Å². The normalized spacial score (nSPS) is 12.2. The van der Waals surface area contributed by atoms with Crippen molar-refractivity contribution in [3.63, 3.8) is 0 Å². The number of H-pyrrole nitrogens is 1. The third-order valence-electron chi connectivity index (χ3n) is 2.51. The largest absolute Gasteiger partial charge is 0.342 e. The molecule has 2 N–H and O–H groups in total. The minimum absolute atomic E-state index is 0.148. The van der Waals surface area contributed by atoms with Gasteiger partial charge in [-0.2, -0.15) is 0 Å². The number of hydrogen-bond donors (Lipinski definition) is 2. The molecule has 1 aromatic carbocycles. The van der Waals surface area contributed by atoms with Gasteiger partial charge in [-0.3, -0.25) is 0 Å². The zero-order chi connectivity index (χ0) is 12.5. The Kier molecular flexibility index (Phi) is 3.40. The maximum absolute atomic E-state index is 5.93. The molecule has 0 atom stereocenters. The van der Waals surface area contributed by atoms with E-state index in [0.717, 1.165) is 34.8 Å². The molecule has 0 saturated heterocycles. The SMILES string of the molecule is CC(C)(C)NCCc1nc2ccc(Cl)cc2[nH]1. The molecule has 0 aliphatic carbocycles.